The molecule has 0 aliphatic carbocycles. The van der Waals surface area contributed by atoms with Gasteiger partial charge in [0.25, 0.3) is 5.06 Å². The lowest BCUT2D eigenvalue weighted by atomic mass is 10.2. The van der Waals surface area contributed by atoms with Crippen molar-refractivity contribution in [3.63, 3.8) is 0 Å². The van der Waals surface area contributed by atoms with Gasteiger partial charge in [0.05, 0.1) is 11.9 Å². The molecule has 0 aromatic carbocycles. The van der Waals surface area contributed by atoms with Gasteiger partial charge >= 0.3 is 11.9 Å². The van der Waals surface area contributed by atoms with Crippen molar-refractivity contribution in [2.75, 3.05) is 0 Å². The number of carboxylic acid groups (broad SMARTS) is 2. The van der Waals surface area contributed by atoms with Crippen molar-refractivity contribution >= 4 is 35.4 Å². The first-order chi connectivity index (χ1) is 4.92. The fourth-order valence-corrected chi connectivity index (χ4v) is 0.565. The molecule has 0 radical (unpaired) electrons. The van der Waals surface area contributed by atoms with Crippen LogP contribution in [0.25, 0.3) is 0 Å². The topological polar surface area (TPSA) is 83.8 Å². The first-order valence-electron chi connectivity index (χ1n) is 2.36. The zero-order chi connectivity index (χ0) is 9.07. The first kappa shape index (κ1) is 10.5. The molecule has 0 saturated carbocycles. The molecule has 0 rings (SSSR count). The van der Waals surface area contributed by atoms with E-state index in [1.807, 2.05) is 0 Å². The zero-order valence-corrected chi connectivity index (χ0v) is 6.59. The van der Waals surface area contributed by atoms with Gasteiger partial charge in [-0.1, -0.05) is 11.6 Å². The van der Waals surface area contributed by atoms with Crippen molar-refractivity contribution in [2.45, 2.75) is 11.5 Å². The van der Waals surface area contributed by atoms with E-state index in [0.717, 1.165) is 0 Å². The van der Waals surface area contributed by atoms with E-state index in [9.17, 15) is 9.59 Å². The Kier molecular flexibility index (Phi) is 3.57. The summed E-state index contributed by atoms with van der Waals surface area (Å²) in [6.07, 6.45) is -0.909. The maximum Gasteiger partial charge on any atom is 0.354 e. The van der Waals surface area contributed by atoms with Gasteiger partial charge in [-0.2, -0.15) is 0 Å². The summed E-state index contributed by atoms with van der Waals surface area (Å²) in [4.78, 5) is 20.2. The van der Waals surface area contributed by atoms with E-state index in [1.54, 1.807) is 0 Å². The van der Waals surface area contributed by atoms with Crippen LogP contribution in [0.3, 0.4) is 0 Å². The third-order valence-corrected chi connectivity index (χ3v) is 1.54. The number of carbonyl (C=O) groups is 2. The van der Waals surface area contributed by atoms with E-state index in [0.29, 0.717) is 0 Å². The fraction of sp³-hybridized carbons (Fsp3) is 0.500. The summed E-state index contributed by atoms with van der Waals surface area (Å²) in [6, 6.07) is 0. The highest BCUT2D eigenvalue weighted by molar-refractivity contribution is 6.35. The van der Waals surface area contributed by atoms with Gasteiger partial charge in [0.1, 0.15) is 6.42 Å². The molecule has 64 valence electrons. The maximum absolute atomic E-state index is 10.2. The summed E-state index contributed by atoms with van der Waals surface area (Å²) in [5, 5.41) is 14.0. The second-order valence-corrected chi connectivity index (χ2v) is 2.45. The van der Waals surface area contributed by atoms with Crippen molar-refractivity contribution in [2.24, 2.45) is 0 Å². The van der Waals surface area contributed by atoms with Gasteiger partial charge in [-0.3, -0.25) is 4.79 Å². The van der Waals surface area contributed by atoms with Crippen LogP contribution in [0.2, 0.25) is 0 Å². The predicted octanol–water partition coefficient (Wildman–Crippen LogP) is 0.651. The molecule has 1 atom stereocenters. The average molecular weight is 203 g/mol. The van der Waals surface area contributed by atoms with Crippen molar-refractivity contribution in [1.82, 2.24) is 0 Å². The second kappa shape index (κ2) is 3.75. The third-order valence-electron chi connectivity index (χ3n) is 0.820. The summed E-state index contributed by atoms with van der Waals surface area (Å²) in [5.74, 6) is -3.06. The lowest BCUT2D eigenvalue weighted by Crippen LogP contribution is -2.35. The van der Waals surface area contributed by atoms with Gasteiger partial charge in [0.2, 0.25) is 0 Å². The second-order valence-electron chi connectivity index (χ2n) is 1.68. The van der Waals surface area contributed by atoms with Crippen LogP contribution in [-0.4, -0.2) is 27.2 Å². The molecular formula is C4H4Cl2O5. The van der Waals surface area contributed by atoms with Crippen LogP contribution in [0.4, 0.5) is 0 Å². The van der Waals surface area contributed by atoms with Crippen LogP contribution in [0.1, 0.15) is 6.42 Å². The number of alkyl halides is 1. The van der Waals surface area contributed by atoms with Gasteiger partial charge in [0.15, 0.2) is 0 Å². The molecule has 0 bridgehead atoms. The molecule has 0 aromatic heterocycles. The molecule has 0 saturated heterocycles. The number of aliphatic carboxylic acids is 2. The van der Waals surface area contributed by atoms with E-state index >= 15 is 0 Å². The standard InChI is InChI=1S/C4H4Cl2O5/c5-4(11-6,3(9)10)1-2(7)8/h1H2,(H,7,8)(H,9,10). The van der Waals surface area contributed by atoms with E-state index in [1.165, 1.54) is 0 Å². The molecule has 0 aromatic rings. The quantitative estimate of drug-likeness (QED) is 0.655. The molecule has 0 aliphatic heterocycles. The highest BCUT2D eigenvalue weighted by Crippen LogP contribution is 2.23. The highest BCUT2D eigenvalue weighted by Gasteiger charge is 2.40. The molecule has 1 unspecified atom stereocenters. The Morgan fingerprint density at radius 2 is 1.91 bits per heavy atom. The molecule has 7 heteroatoms. The van der Waals surface area contributed by atoms with Crippen LogP contribution < -0.4 is 0 Å². The van der Waals surface area contributed by atoms with Gasteiger partial charge in [-0.25, -0.2) is 9.08 Å². The lowest BCUT2D eigenvalue weighted by Gasteiger charge is -2.14. The molecular weight excluding hydrogens is 199 g/mol. The number of carboxylic acids is 2. The van der Waals surface area contributed by atoms with Crippen molar-refractivity contribution in [3.8, 4) is 0 Å². The molecule has 0 spiro atoms. The number of halogens is 2. The molecule has 0 amide bonds. The number of hydrogen-bond donors (Lipinski definition) is 2. The van der Waals surface area contributed by atoms with Crippen LogP contribution in [-0.2, 0) is 13.9 Å². The monoisotopic (exact) mass is 202 g/mol. The third kappa shape index (κ3) is 2.92. The Bertz CT molecular complexity index is 181. The van der Waals surface area contributed by atoms with E-state index < -0.39 is 23.4 Å². The Balaban J connectivity index is 4.34. The minimum absolute atomic E-state index is 0.909. The van der Waals surface area contributed by atoms with E-state index in [4.69, 9.17) is 21.8 Å². The molecule has 0 fully saturated rings. The van der Waals surface area contributed by atoms with Gasteiger partial charge in [-0.05, 0) is 0 Å². The summed E-state index contributed by atoms with van der Waals surface area (Å²) in [5.41, 5.74) is 0. The SMILES string of the molecule is O=C(O)CC(Cl)(OCl)C(=O)O. The van der Waals surface area contributed by atoms with Gasteiger partial charge in [-0.15, -0.1) is 0 Å². The van der Waals surface area contributed by atoms with Gasteiger partial charge in [0, 0.05) is 0 Å². The summed E-state index contributed by atoms with van der Waals surface area (Å²) < 4.78 is 3.77. The largest absolute Gasteiger partial charge is 0.481 e. The lowest BCUT2D eigenvalue weighted by molar-refractivity contribution is -0.154. The van der Waals surface area contributed by atoms with Crippen LogP contribution in [0.15, 0.2) is 0 Å². The number of rotatable bonds is 4. The molecule has 2 N–H and O–H groups in total. The Labute approximate surface area is 71.6 Å². The Morgan fingerprint density at radius 3 is 2.00 bits per heavy atom. The summed E-state index contributed by atoms with van der Waals surface area (Å²) in [6.45, 7) is 0. The Morgan fingerprint density at radius 1 is 1.45 bits per heavy atom. The van der Waals surface area contributed by atoms with Gasteiger partial charge < -0.3 is 10.2 Å². The van der Waals surface area contributed by atoms with Crippen LogP contribution in [0, 0.1) is 0 Å². The van der Waals surface area contributed by atoms with Crippen molar-refractivity contribution in [3.05, 3.63) is 0 Å². The molecule has 11 heavy (non-hydrogen) atoms. The minimum Gasteiger partial charge on any atom is -0.481 e. The molecule has 0 aliphatic rings. The molecule has 5 nitrogen and oxygen atoms in total. The van der Waals surface area contributed by atoms with Crippen molar-refractivity contribution < 1.29 is 24.1 Å². The number of hydrogen-bond acceptors (Lipinski definition) is 3. The van der Waals surface area contributed by atoms with E-state index in [-0.39, 0.29) is 0 Å². The fourth-order valence-electron chi connectivity index (χ4n) is 0.330. The van der Waals surface area contributed by atoms with E-state index in [2.05, 4.69) is 16.2 Å². The highest BCUT2D eigenvalue weighted by atomic mass is 35.5. The average Bonchev–Trinajstić information content (AvgIpc) is 1.86. The predicted molar refractivity (Wildman–Crippen MR) is 35.4 cm³/mol. The van der Waals surface area contributed by atoms with Crippen LogP contribution in [0.5, 0.6) is 0 Å². The maximum atomic E-state index is 10.2. The Hall–Kier alpha value is -0.520. The summed E-state index contributed by atoms with van der Waals surface area (Å²) in [7, 11) is 0. The first-order valence-corrected chi connectivity index (χ1v) is 3.05. The normalized spacial score (nSPS) is 15.5. The smallest absolute Gasteiger partial charge is 0.354 e. The summed E-state index contributed by atoms with van der Waals surface area (Å²) >= 11 is 9.79. The van der Waals surface area contributed by atoms with Crippen molar-refractivity contribution in [1.29, 1.82) is 0 Å². The minimum atomic E-state index is -2.38. The zero-order valence-electron chi connectivity index (χ0n) is 5.08. The van der Waals surface area contributed by atoms with Crippen LogP contribution >= 0.6 is 23.5 Å². The molecule has 0 heterocycles.